The molecule has 0 spiro atoms. The van der Waals surface area contributed by atoms with Crippen LogP contribution in [0.15, 0.2) is 47.5 Å². The third-order valence-electron chi connectivity index (χ3n) is 3.11. The first-order valence-electron chi connectivity index (χ1n) is 6.21. The van der Waals surface area contributed by atoms with Gasteiger partial charge >= 0.3 is 5.69 Å². The lowest BCUT2D eigenvalue weighted by Crippen LogP contribution is -2.40. The summed E-state index contributed by atoms with van der Waals surface area (Å²) in [5.74, 6) is -1.20. The zero-order valence-corrected chi connectivity index (χ0v) is 11.1. The number of benzene rings is 1. The van der Waals surface area contributed by atoms with Crippen molar-refractivity contribution in [3.05, 3.63) is 48.7 Å². The summed E-state index contributed by atoms with van der Waals surface area (Å²) in [5.41, 5.74) is 0.435. The quantitative estimate of drug-likeness (QED) is 0.496. The summed E-state index contributed by atoms with van der Waals surface area (Å²) in [6, 6.07) is 8.19. The Labute approximate surface area is 119 Å². The summed E-state index contributed by atoms with van der Waals surface area (Å²) >= 11 is 0. The van der Waals surface area contributed by atoms with Gasteiger partial charge in [-0.25, -0.2) is 0 Å². The molecular formula is C13H11N5O3. The van der Waals surface area contributed by atoms with Gasteiger partial charge in [-0.2, -0.15) is 0 Å². The highest BCUT2D eigenvalue weighted by Crippen LogP contribution is 2.17. The Morgan fingerprint density at radius 2 is 1.95 bits per heavy atom. The van der Waals surface area contributed by atoms with Crippen molar-refractivity contribution in [2.75, 3.05) is 0 Å². The van der Waals surface area contributed by atoms with Crippen LogP contribution in [0.4, 0.5) is 0 Å². The van der Waals surface area contributed by atoms with E-state index in [2.05, 4.69) is 20.0 Å². The van der Waals surface area contributed by atoms with Gasteiger partial charge in [-0.15, -0.1) is 10.2 Å². The van der Waals surface area contributed by atoms with Crippen molar-refractivity contribution in [1.29, 1.82) is 0 Å². The van der Waals surface area contributed by atoms with Gasteiger partial charge in [0.15, 0.2) is 5.95 Å². The molecule has 3 rings (SSSR count). The monoisotopic (exact) mass is 285 g/mol. The van der Waals surface area contributed by atoms with E-state index in [1.807, 2.05) is 6.07 Å². The van der Waals surface area contributed by atoms with Crippen molar-refractivity contribution in [2.45, 2.75) is 13.0 Å². The highest BCUT2D eigenvalue weighted by Gasteiger charge is 2.31. The van der Waals surface area contributed by atoms with Crippen LogP contribution in [0.2, 0.25) is 0 Å². The summed E-state index contributed by atoms with van der Waals surface area (Å²) in [7, 11) is 0. The van der Waals surface area contributed by atoms with E-state index in [0.717, 1.165) is 0 Å². The number of Topliss-reactive ketones (excluding diaryl/α,β-unsaturated/α-hetero) is 1. The Hall–Kier alpha value is -3.03. The molecule has 0 fully saturated rings. The maximum absolute atomic E-state index is 12.5. The van der Waals surface area contributed by atoms with Crippen LogP contribution in [0, 0.1) is 0 Å². The Balaban J connectivity index is 2.03. The molecule has 21 heavy (non-hydrogen) atoms. The number of hydrogen-bond acceptors (Lipinski definition) is 6. The molecule has 0 aliphatic heterocycles. The largest absolute Gasteiger partial charge is 0.539 e. The van der Waals surface area contributed by atoms with Crippen molar-refractivity contribution in [2.24, 2.45) is 0 Å². The van der Waals surface area contributed by atoms with Gasteiger partial charge in [0.2, 0.25) is 5.69 Å². The molecule has 2 heterocycles. The number of carbonyl (C=O) groups excluding carboxylic acids is 1. The topological polar surface area (TPSA) is 101 Å². The molecule has 3 aromatic rings. The van der Waals surface area contributed by atoms with Crippen LogP contribution >= 0.6 is 0 Å². The van der Waals surface area contributed by atoms with Crippen LogP contribution < -0.4 is 9.79 Å². The van der Waals surface area contributed by atoms with E-state index in [1.54, 1.807) is 31.2 Å². The summed E-state index contributed by atoms with van der Waals surface area (Å²) < 4.78 is 7.34. The fourth-order valence-electron chi connectivity index (χ4n) is 1.94. The molecule has 1 unspecified atom stereocenters. The molecule has 1 atom stereocenters. The highest BCUT2D eigenvalue weighted by molar-refractivity contribution is 5.97. The van der Waals surface area contributed by atoms with E-state index >= 15 is 0 Å². The minimum atomic E-state index is -0.774. The molecule has 0 saturated heterocycles. The summed E-state index contributed by atoms with van der Waals surface area (Å²) in [4.78, 5) is 12.5. The van der Waals surface area contributed by atoms with Crippen LogP contribution in [-0.2, 0) is 0 Å². The first-order valence-corrected chi connectivity index (χ1v) is 6.21. The number of hydrogen-bond donors (Lipinski definition) is 0. The van der Waals surface area contributed by atoms with E-state index in [-0.39, 0.29) is 5.69 Å². The maximum Gasteiger partial charge on any atom is 0.308 e. The lowest BCUT2D eigenvalue weighted by atomic mass is 10.1. The van der Waals surface area contributed by atoms with Crippen LogP contribution in [0.5, 0.6) is 5.95 Å². The van der Waals surface area contributed by atoms with Crippen LogP contribution in [-0.4, -0.2) is 25.8 Å². The smallest absolute Gasteiger partial charge is 0.308 e. The second-order valence-corrected chi connectivity index (χ2v) is 4.41. The summed E-state index contributed by atoms with van der Waals surface area (Å²) in [6.45, 7) is 1.65. The van der Waals surface area contributed by atoms with Gasteiger partial charge in [0.25, 0.3) is 5.78 Å². The Morgan fingerprint density at radius 1 is 1.29 bits per heavy atom. The van der Waals surface area contributed by atoms with Crippen LogP contribution in [0.25, 0.3) is 5.69 Å². The molecule has 8 heteroatoms. The number of nitrogens with zero attached hydrogens (tertiary/aromatic N) is 5. The van der Waals surface area contributed by atoms with Gasteiger partial charge in [-0.1, -0.05) is 18.2 Å². The fourth-order valence-corrected chi connectivity index (χ4v) is 1.94. The maximum atomic E-state index is 12.5. The molecule has 0 N–H and O–H groups in total. The molecule has 0 bridgehead atoms. The highest BCUT2D eigenvalue weighted by atomic mass is 16.6. The third kappa shape index (κ3) is 2.27. The molecule has 0 amide bonds. The van der Waals surface area contributed by atoms with Crippen molar-refractivity contribution >= 4 is 5.78 Å². The van der Waals surface area contributed by atoms with Gasteiger partial charge in [0, 0.05) is 12.1 Å². The van der Waals surface area contributed by atoms with E-state index in [4.69, 9.17) is 0 Å². The second kappa shape index (κ2) is 5.16. The average molecular weight is 285 g/mol. The SMILES string of the molecule is CC(C(=O)c1c([O-])on[n+]1-c1ccccc1)n1cnnc1. The lowest BCUT2D eigenvalue weighted by Gasteiger charge is -2.08. The fraction of sp³-hybridized carbons (Fsp3) is 0.154. The van der Waals surface area contributed by atoms with E-state index < -0.39 is 17.8 Å². The Bertz CT molecular complexity index is 751. The van der Waals surface area contributed by atoms with E-state index in [1.165, 1.54) is 21.9 Å². The molecule has 106 valence electrons. The molecule has 0 saturated carbocycles. The zero-order chi connectivity index (χ0) is 14.8. The molecule has 8 nitrogen and oxygen atoms in total. The number of rotatable bonds is 4. The third-order valence-corrected chi connectivity index (χ3v) is 3.11. The Kier molecular flexibility index (Phi) is 3.19. The lowest BCUT2D eigenvalue weighted by molar-refractivity contribution is -0.672. The molecular weight excluding hydrogens is 274 g/mol. The molecule has 0 radical (unpaired) electrons. The average Bonchev–Trinajstić information content (AvgIpc) is 3.16. The normalized spacial score (nSPS) is 12.2. The molecule has 0 aliphatic rings. The van der Waals surface area contributed by atoms with Crippen molar-refractivity contribution in [1.82, 2.24) is 20.0 Å². The molecule has 1 aromatic carbocycles. The van der Waals surface area contributed by atoms with Gasteiger partial charge in [-0.3, -0.25) is 4.79 Å². The molecule has 2 aromatic heterocycles. The summed E-state index contributed by atoms with van der Waals surface area (Å²) in [6.07, 6.45) is 2.82. The van der Waals surface area contributed by atoms with Crippen LogP contribution in [0.1, 0.15) is 23.5 Å². The number of carbonyl (C=O) groups is 1. The van der Waals surface area contributed by atoms with E-state index in [9.17, 15) is 9.90 Å². The van der Waals surface area contributed by atoms with Crippen molar-refractivity contribution in [3.63, 3.8) is 0 Å². The first-order chi connectivity index (χ1) is 10.2. The van der Waals surface area contributed by atoms with Gasteiger partial charge in [-0.05, 0) is 11.6 Å². The second-order valence-electron chi connectivity index (χ2n) is 4.41. The zero-order valence-electron chi connectivity index (χ0n) is 11.1. The van der Waals surface area contributed by atoms with Crippen molar-refractivity contribution in [3.8, 4) is 11.6 Å². The Morgan fingerprint density at radius 3 is 2.62 bits per heavy atom. The van der Waals surface area contributed by atoms with Crippen LogP contribution in [0.3, 0.4) is 0 Å². The standard InChI is InChI=1S/C13H11N5O3/c1-9(17-7-14-15-8-17)12(19)11-13(20)21-16-18(11)10-5-3-2-4-6-10/h2-9H,1H3. The minimum Gasteiger partial charge on any atom is -0.539 e. The van der Waals surface area contributed by atoms with Crippen molar-refractivity contribution < 1.29 is 19.1 Å². The minimum absolute atomic E-state index is 0.137. The number of para-hydroxylation sites is 1. The predicted molar refractivity (Wildman–Crippen MR) is 66.5 cm³/mol. The van der Waals surface area contributed by atoms with Gasteiger partial charge in [0.1, 0.15) is 18.7 Å². The first kappa shape index (κ1) is 13.0. The molecule has 0 aliphatic carbocycles. The van der Waals surface area contributed by atoms with E-state index in [0.29, 0.717) is 5.69 Å². The summed E-state index contributed by atoms with van der Waals surface area (Å²) in [5, 5.41) is 22.7. The van der Waals surface area contributed by atoms with Gasteiger partial charge < -0.3 is 14.2 Å². The number of ketones is 1. The number of aromatic nitrogens is 5. The predicted octanol–water partition coefficient (Wildman–Crippen LogP) is 0.0603. The van der Waals surface area contributed by atoms with Gasteiger partial charge in [0.05, 0.1) is 5.27 Å².